The van der Waals surface area contributed by atoms with Gasteiger partial charge in [0.25, 0.3) is 0 Å². The number of benzene rings is 1. The first-order valence-corrected chi connectivity index (χ1v) is 7.77. The SMILES string of the molecule is CN(C)C1CCCN(C(CN)c2ccc(Br)cc2)C1. The summed E-state index contributed by atoms with van der Waals surface area (Å²) in [6.45, 7) is 2.95. The molecule has 1 aliphatic heterocycles. The average molecular weight is 326 g/mol. The Balaban J connectivity index is 2.10. The molecule has 2 atom stereocenters. The largest absolute Gasteiger partial charge is 0.329 e. The Labute approximate surface area is 124 Å². The Kier molecular flexibility index (Phi) is 5.39. The van der Waals surface area contributed by atoms with Crippen LogP contribution in [-0.2, 0) is 0 Å². The molecule has 0 radical (unpaired) electrons. The third kappa shape index (κ3) is 3.78. The van der Waals surface area contributed by atoms with Gasteiger partial charge >= 0.3 is 0 Å². The summed E-state index contributed by atoms with van der Waals surface area (Å²) in [5.41, 5.74) is 7.35. The molecular weight excluding hydrogens is 302 g/mol. The zero-order valence-electron chi connectivity index (χ0n) is 11.8. The number of rotatable bonds is 4. The van der Waals surface area contributed by atoms with Crippen molar-refractivity contribution in [3.63, 3.8) is 0 Å². The van der Waals surface area contributed by atoms with Gasteiger partial charge in [0.05, 0.1) is 0 Å². The van der Waals surface area contributed by atoms with Gasteiger partial charge in [-0.15, -0.1) is 0 Å². The van der Waals surface area contributed by atoms with Gasteiger partial charge in [0, 0.05) is 29.6 Å². The standard InChI is InChI=1S/C15H24BrN3/c1-18(2)14-4-3-9-19(11-14)15(10-17)12-5-7-13(16)8-6-12/h5-8,14-15H,3-4,9-11,17H2,1-2H3. The highest BCUT2D eigenvalue weighted by Crippen LogP contribution is 2.26. The molecular formula is C15H24BrN3. The predicted octanol–water partition coefficient (Wildman–Crippen LogP) is 2.47. The van der Waals surface area contributed by atoms with Crippen LogP contribution in [0.4, 0.5) is 0 Å². The quantitative estimate of drug-likeness (QED) is 0.923. The summed E-state index contributed by atoms with van der Waals surface area (Å²) < 4.78 is 1.12. The first-order chi connectivity index (χ1) is 9.11. The van der Waals surface area contributed by atoms with E-state index in [1.54, 1.807) is 0 Å². The Bertz CT molecular complexity index is 391. The summed E-state index contributed by atoms with van der Waals surface area (Å²) in [7, 11) is 4.34. The summed E-state index contributed by atoms with van der Waals surface area (Å²) in [6.07, 6.45) is 2.55. The van der Waals surface area contributed by atoms with Crippen molar-refractivity contribution >= 4 is 15.9 Å². The van der Waals surface area contributed by atoms with Crippen LogP contribution in [0.25, 0.3) is 0 Å². The summed E-state index contributed by atoms with van der Waals surface area (Å²) in [5.74, 6) is 0. The molecule has 19 heavy (non-hydrogen) atoms. The summed E-state index contributed by atoms with van der Waals surface area (Å²) in [5, 5.41) is 0. The zero-order chi connectivity index (χ0) is 13.8. The number of halogens is 1. The van der Waals surface area contributed by atoms with Gasteiger partial charge in [-0.25, -0.2) is 0 Å². The van der Waals surface area contributed by atoms with Crippen molar-refractivity contribution in [1.82, 2.24) is 9.80 Å². The van der Waals surface area contributed by atoms with Crippen LogP contribution < -0.4 is 5.73 Å². The lowest BCUT2D eigenvalue weighted by Crippen LogP contribution is -2.47. The fourth-order valence-corrected chi connectivity index (χ4v) is 3.13. The van der Waals surface area contributed by atoms with Crippen LogP contribution in [0.5, 0.6) is 0 Å². The van der Waals surface area contributed by atoms with Gasteiger partial charge in [-0.1, -0.05) is 28.1 Å². The van der Waals surface area contributed by atoms with E-state index in [4.69, 9.17) is 5.73 Å². The number of hydrogen-bond acceptors (Lipinski definition) is 3. The third-order valence-corrected chi connectivity index (χ3v) is 4.61. The molecule has 106 valence electrons. The van der Waals surface area contributed by atoms with E-state index in [2.05, 4.69) is 64.1 Å². The van der Waals surface area contributed by atoms with Gasteiger partial charge in [0.1, 0.15) is 0 Å². The van der Waals surface area contributed by atoms with Crippen molar-refractivity contribution in [2.45, 2.75) is 24.9 Å². The van der Waals surface area contributed by atoms with E-state index in [1.165, 1.54) is 18.4 Å². The molecule has 0 saturated carbocycles. The van der Waals surface area contributed by atoms with Gasteiger partial charge < -0.3 is 10.6 Å². The number of nitrogens with two attached hydrogens (primary N) is 1. The Morgan fingerprint density at radius 2 is 2.05 bits per heavy atom. The van der Waals surface area contributed by atoms with E-state index in [-0.39, 0.29) is 0 Å². The van der Waals surface area contributed by atoms with Crippen LogP contribution in [0.15, 0.2) is 28.7 Å². The summed E-state index contributed by atoms with van der Waals surface area (Å²) in [6, 6.07) is 9.56. The van der Waals surface area contributed by atoms with Crippen molar-refractivity contribution < 1.29 is 0 Å². The molecule has 0 amide bonds. The average Bonchev–Trinajstić information content (AvgIpc) is 2.42. The van der Waals surface area contributed by atoms with Gasteiger partial charge in [-0.05, 0) is 51.2 Å². The lowest BCUT2D eigenvalue weighted by atomic mass is 9.99. The van der Waals surface area contributed by atoms with Gasteiger partial charge in [0.15, 0.2) is 0 Å². The lowest BCUT2D eigenvalue weighted by molar-refractivity contribution is 0.0984. The second-order valence-electron chi connectivity index (χ2n) is 5.56. The second kappa shape index (κ2) is 6.84. The first-order valence-electron chi connectivity index (χ1n) is 6.98. The van der Waals surface area contributed by atoms with Crippen LogP contribution >= 0.6 is 15.9 Å². The maximum absolute atomic E-state index is 6.03. The van der Waals surface area contributed by atoms with Crippen LogP contribution in [0.1, 0.15) is 24.4 Å². The molecule has 2 rings (SSSR count). The van der Waals surface area contributed by atoms with E-state index in [9.17, 15) is 0 Å². The molecule has 0 aliphatic carbocycles. The third-order valence-electron chi connectivity index (χ3n) is 4.08. The molecule has 1 aromatic carbocycles. The van der Waals surface area contributed by atoms with E-state index < -0.39 is 0 Å². The van der Waals surface area contributed by atoms with Gasteiger partial charge in [-0.3, -0.25) is 4.90 Å². The van der Waals surface area contributed by atoms with Gasteiger partial charge in [-0.2, -0.15) is 0 Å². The van der Waals surface area contributed by atoms with Crippen molar-refractivity contribution in [1.29, 1.82) is 0 Å². The van der Waals surface area contributed by atoms with E-state index >= 15 is 0 Å². The van der Waals surface area contributed by atoms with E-state index in [1.807, 2.05) is 0 Å². The molecule has 4 heteroatoms. The highest BCUT2D eigenvalue weighted by molar-refractivity contribution is 9.10. The first kappa shape index (κ1) is 15.0. The van der Waals surface area contributed by atoms with Crippen LogP contribution in [0.2, 0.25) is 0 Å². The molecule has 0 bridgehead atoms. The molecule has 1 fully saturated rings. The topological polar surface area (TPSA) is 32.5 Å². The molecule has 0 aromatic heterocycles. The molecule has 2 N–H and O–H groups in total. The van der Waals surface area contributed by atoms with Crippen LogP contribution in [-0.4, -0.2) is 49.6 Å². The number of nitrogens with zero attached hydrogens (tertiary/aromatic N) is 2. The molecule has 1 aliphatic rings. The van der Waals surface area contributed by atoms with E-state index in [0.29, 0.717) is 18.6 Å². The number of likely N-dealkylation sites (tertiary alicyclic amines) is 1. The maximum atomic E-state index is 6.03. The molecule has 1 aromatic rings. The molecule has 2 unspecified atom stereocenters. The predicted molar refractivity (Wildman–Crippen MR) is 84.2 cm³/mol. The van der Waals surface area contributed by atoms with Crippen LogP contribution in [0.3, 0.4) is 0 Å². The van der Waals surface area contributed by atoms with Crippen molar-refractivity contribution in [2.24, 2.45) is 5.73 Å². The highest BCUT2D eigenvalue weighted by atomic mass is 79.9. The summed E-state index contributed by atoms with van der Waals surface area (Å²) >= 11 is 3.49. The molecule has 1 saturated heterocycles. The highest BCUT2D eigenvalue weighted by Gasteiger charge is 2.26. The summed E-state index contributed by atoms with van der Waals surface area (Å²) in [4.78, 5) is 4.87. The minimum atomic E-state index is 0.343. The Hall–Kier alpha value is -0.420. The zero-order valence-corrected chi connectivity index (χ0v) is 13.4. The minimum Gasteiger partial charge on any atom is -0.329 e. The fourth-order valence-electron chi connectivity index (χ4n) is 2.87. The Morgan fingerprint density at radius 1 is 1.37 bits per heavy atom. The van der Waals surface area contributed by atoms with Gasteiger partial charge in [0.2, 0.25) is 0 Å². The fraction of sp³-hybridized carbons (Fsp3) is 0.600. The normalized spacial score (nSPS) is 22.7. The lowest BCUT2D eigenvalue weighted by Gasteiger charge is -2.40. The number of piperidine rings is 1. The number of likely N-dealkylation sites (N-methyl/N-ethyl adjacent to an activating group) is 1. The smallest absolute Gasteiger partial charge is 0.0471 e. The monoisotopic (exact) mass is 325 g/mol. The van der Waals surface area contributed by atoms with Crippen LogP contribution in [0, 0.1) is 0 Å². The van der Waals surface area contributed by atoms with Crippen molar-refractivity contribution in [3.05, 3.63) is 34.3 Å². The van der Waals surface area contributed by atoms with Crippen molar-refractivity contribution in [2.75, 3.05) is 33.7 Å². The molecule has 1 heterocycles. The van der Waals surface area contributed by atoms with Crippen molar-refractivity contribution in [3.8, 4) is 0 Å². The minimum absolute atomic E-state index is 0.343. The Morgan fingerprint density at radius 3 is 2.63 bits per heavy atom. The van der Waals surface area contributed by atoms with E-state index in [0.717, 1.165) is 17.6 Å². The molecule has 0 spiro atoms. The second-order valence-corrected chi connectivity index (χ2v) is 6.47. The molecule has 3 nitrogen and oxygen atoms in total. The number of hydrogen-bond donors (Lipinski definition) is 1. The maximum Gasteiger partial charge on any atom is 0.0471 e.